The van der Waals surface area contributed by atoms with E-state index in [4.69, 9.17) is 20.4 Å². The second-order valence-corrected chi connectivity index (χ2v) is 6.42. The van der Waals surface area contributed by atoms with E-state index < -0.39 is 29.6 Å². The van der Waals surface area contributed by atoms with Crippen molar-refractivity contribution in [3.63, 3.8) is 0 Å². The zero-order valence-electron chi connectivity index (χ0n) is 15.3. The molecule has 10 heteroatoms. The van der Waals surface area contributed by atoms with Gasteiger partial charge in [0.15, 0.2) is 0 Å². The van der Waals surface area contributed by atoms with Crippen LogP contribution in [0.3, 0.4) is 0 Å². The number of alkyl halides is 3. The Balaban J connectivity index is 0.000000821. The van der Waals surface area contributed by atoms with Crippen molar-refractivity contribution in [2.24, 2.45) is 11.1 Å². The first-order valence-electron chi connectivity index (χ1n) is 7.63. The van der Waals surface area contributed by atoms with Gasteiger partial charge >= 0.3 is 24.1 Å². The van der Waals surface area contributed by atoms with Crippen LogP contribution in [0.5, 0.6) is 5.75 Å². The van der Waals surface area contributed by atoms with Gasteiger partial charge in [0.1, 0.15) is 11.8 Å². The molecule has 0 amide bonds. The van der Waals surface area contributed by atoms with Crippen LogP contribution in [-0.2, 0) is 25.5 Å². The number of carbonyl (C=O) groups is 3. The number of methoxy groups -OCH3 is 1. The standard InChI is InChI=1S/C15H21NO4.C2HF3O2/c1-15(2,3)14(18)20-11-7-5-10(6-8-11)9-12(16)13(17)19-4;3-2(4,5)1(6)7/h5-8,12H,9,16H2,1-4H3;(H,6,7)/t12-;/m0./s1. The van der Waals surface area contributed by atoms with Gasteiger partial charge in [0.05, 0.1) is 12.5 Å². The minimum Gasteiger partial charge on any atom is -0.475 e. The van der Waals surface area contributed by atoms with Gasteiger partial charge in [-0.05, 0) is 44.9 Å². The number of nitrogens with two attached hydrogens (primary N) is 1. The Kier molecular flexibility index (Phi) is 8.95. The van der Waals surface area contributed by atoms with Crippen molar-refractivity contribution >= 4 is 17.9 Å². The number of carboxylic acids is 1. The molecule has 0 aliphatic rings. The molecule has 0 fully saturated rings. The molecule has 1 aromatic carbocycles. The van der Waals surface area contributed by atoms with Gasteiger partial charge in [-0.2, -0.15) is 13.2 Å². The van der Waals surface area contributed by atoms with Gasteiger partial charge in [0.25, 0.3) is 0 Å². The zero-order valence-corrected chi connectivity index (χ0v) is 15.3. The van der Waals surface area contributed by atoms with Crippen LogP contribution in [0, 0.1) is 5.41 Å². The van der Waals surface area contributed by atoms with E-state index in [1.807, 2.05) is 0 Å². The summed E-state index contributed by atoms with van der Waals surface area (Å²) < 4.78 is 41.5. The summed E-state index contributed by atoms with van der Waals surface area (Å²) in [6.45, 7) is 5.37. The number of benzene rings is 1. The van der Waals surface area contributed by atoms with Crippen LogP contribution in [0.1, 0.15) is 26.3 Å². The Bertz CT molecular complexity index is 650. The van der Waals surface area contributed by atoms with Gasteiger partial charge < -0.3 is 20.3 Å². The Morgan fingerprint density at radius 3 is 1.89 bits per heavy atom. The molecule has 152 valence electrons. The van der Waals surface area contributed by atoms with E-state index in [1.165, 1.54) is 7.11 Å². The van der Waals surface area contributed by atoms with Gasteiger partial charge in [-0.25, -0.2) is 4.79 Å². The third-order valence-corrected chi connectivity index (χ3v) is 2.95. The number of hydrogen-bond acceptors (Lipinski definition) is 6. The van der Waals surface area contributed by atoms with E-state index in [1.54, 1.807) is 45.0 Å². The SMILES string of the molecule is COC(=O)[C@@H](N)Cc1ccc(OC(=O)C(C)(C)C)cc1.O=C(O)C(F)(F)F. The number of ether oxygens (including phenoxy) is 2. The molecule has 0 radical (unpaired) electrons. The maximum atomic E-state index is 11.7. The highest BCUT2D eigenvalue weighted by atomic mass is 19.4. The van der Waals surface area contributed by atoms with E-state index in [2.05, 4.69) is 4.74 Å². The lowest BCUT2D eigenvalue weighted by Gasteiger charge is -2.16. The molecule has 0 spiro atoms. The lowest BCUT2D eigenvalue weighted by atomic mass is 9.97. The second-order valence-electron chi connectivity index (χ2n) is 6.42. The molecule has 27 heavy (non-hydrogen) atoms. The normalized spacial score (nSPS) is 12.3. The lowest BCUT2D eigenvalue weighted by Crippen LogP contribution is -2.33. The summed E-state index contributed by atoms with van der Waals surface area (Å²) >= 11 is 0. The molecule has 0 aromatic heterocycles. The number of rotatable bonds is 4. The van der Waals surface area contributed by atoms with Crippen molar-refractivity contribution in [1.82, 2.24) is 0 Å². The molecule has 0 saturated carbocycles. The summed E-state index contributed by atoms with van der Waals surface area (Å²) in [5, 5.41) is 7.12. The van der Waals surface area contributed by atoms with Crippen LogP contribution >= 0.6 is 0 Å². The van der Waals surface area contributed by atoms with Crippen LogP contribution in [0.25, 0.3) is 0 Å². The molecule has 1 rings (SSSR count). The zero-order chi connectivity index (χ0) is 21.4. The minimum absolute atomic E-state index is 0.295. The lowest BCUT2D eigenvalue weighted by molar-refractivity contribution is -0.192. The Morgan fingerprint density at radius 1 is 1.11 bits per heavy atom. The molecular formula is C17H22F3NO6. The van der Waals surface area contributed by atoms with Gasteiger partial charge in [-0.3, -0.25) is 9.59 Å². The molecule has 0 saturated heterocycles. The van der Waals surface area contributed by atoms with Gasteiger partial charge in [-0.1, -0.05) is 12.1 Å². The molecular weight excluding hydrogens is 371 g/mol. The molecule has 0 bridgehead atoms. The predicted octanol–water partition coefficient (Wildman–Crippen LogP) is 2.31. The van der Waals surface area contributed by atoms with Crippen molar-refractivity contribution in [2.75, 3.05) is 7.11 Å². The van der Waals surface area contributed by atoms with Crippen LogP contribution in [0.15, 0.2) is 24.3 Å². The minimum atomic E-state index is -5.08. The predicted molar refractivity (Wildman–Crippen MR) is 88.9 cm³/mol. The summed E-state index contributed by atoms with van der Waals surface area (Å²) in [6, 6.07) is 6.22. The number of hydrogen-bond donors (Lipinski definition) is 2. The van der Waals surface area contributed by atoms with E-state index in [-0.39, 0.29) is 5.97 Å². The smallest absolute Gasteiger partial charge is 0.475 e. The molecule has 0 heterocycles. The molecule has 0 aliphatic heterocycles. The maximum absolute atomic E-state index is 11.7. The first-order chi connectivity index (χ1) is 12.2. The van der Waals surface area contributed by atoms with Gasteiger partial charge in [-0.15, -0.1) is 0 Å². The Hall–Kier alpha value is -2.62. The highest BCUT2D eigenvalue weighted by Crippen LogP contribution is 2.20. The number of aliphatic carboxylic acids is 1. The molecule has 7 nitrogen and oxygen atoms in total. The van der Waals surface area contributed by atoms with Crippen LogP contribution in [-0.4, -0.2) is 42.3 Å². The van der Waals surface area contributed by atoms with E-state index in [0.29, 0.717) is 12.2 Å². The first kappa shape index (κ1) is 24.4. The largest absolute Gasteiger partial charge is 0.490 e. The molecule has 3 N–H and O–H groups in total. The summed E-state index contributed by atoms with van der Waals surface area (Å²) in [4.78, 5) is 31.8. The molecule has 1 atom stereocenters. The second kappa shape index (κ2) is 9.91. The molecule has 0 aliphatic carbocycles. The fourth-order valence-corrected chi connectivity index (χ4v) is 1.44. The number of carboxylic acid groups (broad SMARTS) is 1. The van der Waals surface area contributed by atoms with Crippen LogP contribution in [0.2, 0.25) is 0 Å². The third-order valence-electron chi connectivity index (χ3n) is 2.95. The van der Waals surface area contributed by atoms with Crippen LogP contribution in [0.4, 0.5) is 13.2 Å². The monoisotopic (exact) mass is 393 g/mol. The van der Waals surface area contributed by atoms with Gasteiger partial charge in [0.2, 0.25) is 0 Å². The molecule has 1 aromatic rings. The average Bonchev–Trinajstić information content (AvgIpc) is 2.54. The topological polar surface area (TPSA) is 116 Å². The number of carbonyl (C=O) groups excluding carboxylic acids is 2. The summed E-state index contributed by atoms with van der Waals surface area (Å²) in [7, 11) is 1.30. The molecule has 0 unspecified atom stereocenters. The van der Waals surface area contributed by atoms with Crippen molar-refractivity contribution in [1.29, 1.82) is 0 Å². The first-order valence-corrected chi connectivity index (χ1v) is 7.63. The highest BCUT2D eigenvalue weighted by Gasteiger charge is 2.38. The summed E-state index contributed by atoms with van der Waals surface area (Å²) in [5.41, 5.74) is 6.00. The summed E-state index contributed by atoms with van der Waals surface area (Å²) in [5.74, 6) is -3.03. The van der Waals surface area contributed by atoms with E-state index in [0.717, 1.165) is 5.56 Å². The van der Waals surface area contributed by atoms with Crippen molar-refractivity contribution in [3.05, 3.63) is 29.8 Å². The van der Waals surface area contributed by atoms with Gasteiger partial charge in [0, 0.05) is 0 Å². The summed E-state index contributed by atoms with van der Waals surface area (Å²) in [6.07, 6.45) is -4.71. The van der Waals surface area contributed by atoms with Crippen molar-refractivity contribution < 1.29 is 42.1 Å². The van der Waals surface area contributed by atoms with E-state index >= 15 is 0 Å². The maximum Gasteiger partial charge on any atom is 0.490 e. The third kappa shape index (κ3) is 9.59. The van der Waals surface area contributed by atoms with Crippen molar-refractivity contribution in [3.8, 4) is 5.75 Å². The van der Waals surface area contributed by atoms with E-state index in [9.17, 15) is 22.8 Å². The van der Waals surface area contributed by atoms with Crippen molar-refractivity contribution in [2.45, 2.75) is 39.4 Å². The Morgan fingerprint density at radius 2 is 1.56 bits per heavy atom. The highest BCUT2D eigenvalue weighted by molar-refractivity contribution is 5.78. The number of esters is 2. The fourth-order valence-electron chi connectivity index (χ4n) is 1.44. The average molecular weight is 393 g/mol. The Labute approximate surface area is 154 Å². The van der Waals surface area contributed by atoms with Crippen LogP contribution < -0.4 is 10.5 Å². The fraction of sp³-hybridized carbons (Fsp3) is 0.471. The quantitative estimate of drug-likeness (QED) is 0.596. The number of halogens is 3.